The molecule has 0 saturated heterocycles. The second-order valence-electron chi connectivity index (χ2n) is 2.07. The molecule has 0 aromatic rings. The lowest BCUT2D eigenvalue weighted by Gasteiger charge is -1.91. The van der Waals surface area contributed by atoms with Gasteiger partial charge < -0.3 is 5.73 Å². The number of rotatable bonds is 0. The second kappa shape index (κ2) is 0.562. The Labute approximate surface area is 36.8 Å². The lowest BCUT2D eigenvalue weighted by atomic mass is 10.1. The first-order chi connectivity index (χ1) is 2.89. The van der Waals surface area contributed by atoms with Gasteiger partial charge in [0.1, 0.15) is 0 Å². The largest absolute Gasteiger partial charge is 0.324 e. The van der Waals surface area contributed by atoms with Crippen molar-refractivity contribution in [2.75, 3.05) is 0 Å². The van der Waals surface area contributed by atoms with E-state index in [0.29, 0.717) is 6.04 Å². The minimum Gasteiger partial charge on any atom is -0.324 e. The van der Waals surface area contributed by atoms with Crippen LogP contribution >= 0.6 is 0 Å². The van der Waals surface area contributed by atoms with Crippen LogP contribution in [0.15, 0.2) is 11.6 Å². The van der Waals surface area contributed by atoms with E-state index in [1.807, 2.05) is 0 Å². The molecule has 0 aromatic carbocycles. The molecule has 0 radical (unpaired) electrons. The Hall–Kier alpha value is -0.300. The van der Waals surface area contributed by atoms with Gasteiger partial charge in [0.2, 0.25) is 0 Å². The molecular weight excluding hydrogens is 74.1 g/mol. The van der Waals surface area contributed by atoms with Crippen molar-refractivity contribution in [2.45, 2.75) is 12.5 Å². The summed E-state index contributed by atoms with van der Waals surface area (Å²) in [5.74, 6) is 0.838. The zero-order chi connectivity index (χ0) is 4.15. The molecule has 1 nitrogen and oxygen atoms in total. The molecule has 0 aromatic heterocycles. The van der Waals surface area contributed by atoms with E-state index in [2.05, 4.69) is 6.08 Å². The van der Waals surface area contributed by atoms with E-state index >= 15 is 0 Å². The molecule has 0 heterocycles. The maximum Gasteiger partial charge on any atom is 0.0327 e. The quantitative estimate of drug-likeness (QED) is 0.416. The van der Waals surface area contributed by atoms with Gasteiger partial charge in [0.15, 0.2) is 0 Å². The number of fused-ring (bicyclic) bond motifs is 1. The fourth-order valence-electron chi connectivity index (χ4n) is 1.04. The molecule has 1 saturated carbocycles. The van der Waals surface area contributed by atoms with Crippen LogP contribution in [-0.4, -0.2) is 6.04 Å². The Morgan fingerprint density at radius 1 is 1.83 bits per heavy atom. The fraction of sp³-hybridized carbons (Fsp3) is 0.600. The minimum absolute atomic E-state index is 0.491. The van der Waals surface area contributed by atoms with Crippen molar-refractivity contribution in [3.63, 3.8) is 0 Å². The van der Waals surface area contributed by atoms with Crippen LogP contribution < -0.4 is 5.73 Å². The standard InChI is InChI=1S/C5H7N/c6-5-3-1-2-4(3)5/h1,4-5H,2,6H2. The summed E-state index contributed by atoms with van der Waals surface area (Å²) < 4.78 is 0. The predicted molar refractivity (Wildman–Crippen MR) is 24.2 cm³/mol. The first-order valence-electron chi connectivity index (χ1n) is 2.35. The highest BCUT2D eigenvalue weighted by atomic mass is 14.8. The Morgan fingerprint density at radius 3 is 2.50 bits per heavy atom. The Kier molecular flexibility index (Phi) is 0.263. The normalized spacial score (nSPS) is 49.2. The summed E-state index contributed by atoms with van der Waals surface area (Å²) in [7, 11) is 0. The Bertz CT molecular complexity index is 109. The van der Waals surface area contributed by atoms with Crippen LogP contribution in [0.3, 0.4) is 0 Å². The average Bonchev–Trinajstić information content (AvgIpc) is 1.63. The van der Waals surface area contributed by atoms with Gasteiger partial charge in [-0.25, -0.2) is 0 Å². The van der Waals surface area contributed by atoms with E-state index in [4.69, 9.17) is 5.73 Å². The summed E-state index contributed by atoms with van der Waals surface area (Å²) >= 11 is 0. The summed E-state index contributed by atoms with van der Waals surface area (Å²) in [6.07, 6.45) is 3.49. The van der Waals surface area contributed by atoms with E-state index in [1.165, 1.54) is 12.0 Å². The summed E-state index contributed by atoms with van der Waals surface area (Å²) in [6, 6.07) is 0.491. The highest BCUT2D eigenvalue weighted by Crippen LogP contribution is 2.47. The van der Waals surface area contributed by atoms with Gasteiger partial charge in [0.05, 0.1) is 0 Å². The van der Waals surface area contributed by atoms with E-state index in [0.717, 1.165) is 5.92 Å². The van der Waals surface area contributed by atoms with Gasteiger partial charge in [-0.3, -0.25) is 0 Å². The Balaban J connectivity index is 2.37. The molecular formula is C5H7N. The van der Waals surface area contributed by atoms with Crippen molar-refractivity contribution in [1.29, 1.82) is 0 Å². The lowest BCUT2D eigenvalue weighted by Crippen LogP contribution is -1.98. The summed E-state index contributed by atoms with van der Waals surface area (Å²) in [4.78, 5) is 0. The number of hydrogen-bond donors (Lipinski definition) is 1. The van der Waals surface area contributed by atoms with Crippen molar-refractivity contribution in [2.24, 2.45) is 11.7 Å². The first-order valence-corrected chi connectivity index (χ1v) is 2.35. The van der Waals surface area contributed by atoms with Crippen molar-refractivity contribution in [3.8, 4) is 0 Å². The van der Waals surface area contributed by atoms with Gasteiger partial charge in [-0.2, -0.15) is 0 Å². The van der Waals surface area contributed by atoms with Gasteiger partial charge in [0, 0.05) is 12.0 Å². The molecule has 2 atom stereocenters. The van der Waals surface area contributed by atoms with Crippen molar-refractivity contribution < 1.29 is 0 Å². The van der Waals surface area contributed by atoms with Crippen LogP contribution in [0, 0.1) is 5.92 Å². The third-order valence-corrected chi connectivity index (χ3v) is 1.74. The van der Waals surface area contributed by atoms with Gasteiger partial charge in [0.25, 0.3) is 0 Å². The fourth-order valence-corrected chi connectivity index (χ4v) is 1.04. The molecule has 0 bridgehead atoms. The lowest BCUT2D eigenvalue weighted by molar-refractivity contribution is 0.796. The number of hydrogen-bond acceptors (Lipinski definition) is 1. The zero-order valence-corrected chi connectivity index (χ0v) is 3.52. The smallest absolute Gasteiger partial charge is 0.0327 e. The van der Waals surface area contributed by atoms with Gasteiger partial charge in [-0.05, 0) is 6.42 Å². The number of nitrogens with two attached hydrogens (primary N) is 1. The predicted octanol–water partition coefficient (Wildman–Crippen LogP) is 0.274. The van der Waals surface area contributed by atoms with Crippen LogP contribution in [0.2, 0.25) is 0 Å². The number of allylic oxidation sites excluding steroid dienone is 1. The maximum absolute atomic E-state index is 5.50. The maximum atomic E-state index is 5.50. The molecule has 2 N–H and O–H groups in total. The van der Waals surface area contributed by atoms with Crippen LogP contribution in [-0.2, 0) is 0 Å². The van der Waals surface area contributed by atoms with Gasteiger partial charge >= 0.3 is 0 Å². The van der Waals surface area contributed by atoms with Crippen molar-refractivity contribution in [3.05, 3.63) is 11.6 Å². The second-order valence-corrected chi connectivity index (χ2v) is 2.07. The third-order valence-electron chi connectivity index (χ3n) is 1.74. The third kappa shape index (κ3) is 0.125. The minimum atomic E-state index is 0.491. The van der Waals surface area contributed by atoms with E-state index in [-0.39, 0.29) is 0 Å². The molecule has 0 spiro atoms. The SMILES string of the molecule is NC1C2=CCC21. The molecule has 6 heavy (non-hydrogen) atoms. The van der Waals surface area contributed by atoms with Crippen molar-refractivity contribution in [1.82, 2.24) is 0 Å². The molecule has 0 amide bonds. The molecule has 2 unspecified atom stereocenters. The van der Waals surface area contributed by atoms with Crippen molar-refractivity contribution >= 4 is 0 Å². The monoisotopic (exact) mass is 81.1 g/mol. The summed E-state index contributed by atoms with van der Waals surface area (Å²) in [6.45, 7) is 0. The van der Waals surface area contributed by atoms with E-state index < -0.39 is 0 Å². The van der Waals surface area contributed by atoms with E-state index in [9.17, 15) is 0 Å². The highest BCUT2D eigenvalue weighted by molar-refractivity contribution is 5.42. The molecule has 1 fully saturated rings. The molecule has 2 rings (SSSR count). The zero-order valence-electron chi connectivity index (χ0n) is 3.52. The topological polar surface area (TPSA) is 26.0 Å². The van der Waals surface area contributed by atoms with Crippen LogP contribution in [0.25, 0.3) is 0 Å². The molecule has 2 aliphatic carbocycles. The van der Waals surface area contributed by atoms with Gasteiger partial charge in [-0.15, -0.1) is 0 Å². The first kappa shape index (κ1) is 2.80. The molecule has 1 heteroatoms. The molecule has 0 aliphatic heterocycles. The van der Waals surface area contributed by atoms with Crippen LogP contribution in [0.4, 0.5) is 0 Å². The Morgan fingerprint density at radius 2 is 2.50 bits per heavy atom. The average molecular weight is 81.1 g/mol. The summed E-state index contributed by atoms with van der Waals surface area (Å²) in [5, 5.41) is 0. The van der Waals surface area contributed by atoms with Crippen LogP contribution in [0.1, 0.15) is 6.42 Å². The highest BCUT2D eigenvalue weighted by Gasteiger charge is 2.45. The van der Waals surface area contributed by atoms with Crippen LogP contribution in [0.5, 0.6) is 0 Å². The van der Waals surface area contributed by atoms with Gasteiger partial charge in [-0.1, -0.05) is 11.6 Å². The van der Waals surface area contributed by atoms with E-state index in [1.54, 1.807) is 0 Å². The summed E-state index contributed by atoms with van der Waals surface area (Å²) in [5.41, 5.74) is 7.01. The molecule has 32 valence electrons. The molecule has 2 aliphatic rings.